The fraction of sp³-hybridized carbons (Fsp3) is 0.400. The van der Waals surface area contributed by atoms with Crippen molar-refractivity contribution in [1.29, 1.82) is 0 Å². The summed E-state index contributed by atoms with van der Waals surface area (Å²) in [6, 6.07) is 3.80. The highest BCUT2D eigenvalue weighted by atomic mass is 16.2. The molecule has 5 nitrogen and oxygen atoms in total. The van der Waals surface area contributed by atoms with E-state index < -0.39 is 0 Å². The Hall–Kier alpha value is -2.17. The van der Waals surface area contributed by atoms with Gasteiger partial charge in [0.15, 0.2) is 0 Å². The maximum atomic E-state index is 12.7. The lowest BCUT2D eigenvalue weighted by Gasteiger charge is -2.24. The molecule has 1 fully saturated rings. The van der Waals surface area contributed by atoms with Crippen LogP contribution in [-0.4, -0.2) is 31.9 Å². The van der Waals surface area contributed by atoms with Crippen LogP contribution in [0, 0.1) is 6.92 Å². The summed E-state index contributed by atoms with van der Waals surface area (Å²) < 4.78 is 1.86. The molecule has 2 aromatic heterocycles. The predicted molar refractivity (Wildman–Crippen MR) is 75.2 cm³/mol. The van der Waals surface area contributed by atoms with Crippen LogP contribution in [0.15, 0.2) is 30.7 Å². The topological polar surface area (TPSA) is 51.0 Å². The van der Waals surface area contributed by atoms with E-state index in [9.17, 15) is 4.79 Å². The van der Waals surface area contributed by atoms with Crippen LogP contribution in [-0.2, 0) is 7.05 Å². The van der Waals surface area contributed by atoms with E-state index in [1.165, 1.54) is 0 Å². The molecule has 3 rings (SSSR count). The monoisotopic (exact) mass is 270 g/mol. The van der Waals surface area contributed by atoms with Crippen LogP contribution in [0.4, 0.5) is 0 Å². The molecule has 1 atom stereocenters. The summed E-state index contributed by atoms with van der Waals surface area (Å²) in [5, 5.41) is 0. The number of hydrogen-bond donors (Lipinski definition) is 0. The van der Waals surface area contributed by atoms with Crippen molar-refractivity contribution in [3.63, 3.8) is 0 Å². The number of rotatable bonds is 2. The third-order valence-corrected chi connectivity index (χ3v) is 3.79. The number of aryl methyl sites for hydroxylation is 2. The van der Waals surface area contributed by atoms with Gasteiger partial charge in [0.25, 0.3) is 5.91 Å². The van der Waals surface area contributed by atoms with E-state index >= 15 is 0 Å². The number of likely N-dealkylation sites (tertiary alicyclic amines) is 1. The number of hydrogen-bond acceptors (Lipinski definition) is 3. The predicted octanol–water partition coefficient (Wildman–Crippen LogP) is 2.10. The number of amides is 1. The van der Waals surface area contributed by atoms with Crippen molar-refractivity contribution < 1.29 is 4.79 Å². The fourth-order valence-electron chi connectivity index (χ4n) is 2.79. The van der Waals surface area contributed by atoms with Crippen LogP contribution in [0.5, 0.6) is 0 Å². The van der Waals surface area contributed by atoms with E-state index in [1.807, 2.05) is 41.8 Å². The molecule has 1 amide bonds. The molecule has 20 heavy (non-hydrogen) atoms. The van der Waals surface area contributed by atoms with Gasteiger partial charge >= 0.3 is 0 Å². The molecule has 0 saturated carbocycles. The minimum absolute atomic E-state index is 0.0461. The van der Waals surface area contributed by atoms with Gasteiger partial charge in [0.1, 0.15) is 5.69 Å². The zero-order valence-corrected chi connectivity index (χ0v) is 11.8. The maximum absolute atomic E-state index is 12.7. The molecule has 0 aliphatic carbocycles. The van der Waals surface area contributed by atoms with Crippen LogP contribution in [0.25, 0.3) is 0 Å². The first-order valence-corrected chi connectivity index (χ1v) is 6.87. The van der Waals surface area contributed by atoms with Gasteiger partial charge in [0, 0.05) is 26.0 Å². The molecule has 0 aromatic carbocycles. The van der Waals surface area contributed by atoms with E-state index in [2.05, 4.69) is 9.97 Å². The van der Waals surface area contributed by atoms with E-state index in [0.717, 1.165) is 36.5 Å². The Labute approximate surface area is 118 Å². The number of aromatic nitrogens is 3. The van der Waals surface area contributed by atoms with Crippen molar-refractivity contribution in [3.8, 4) is 0 Å². The van der Waals surface area contributed by atoms with Gasteiger partial charge in [-0.1, -0.05) is 0 Å². The zero-order valence-electron chi connectivity index (χ0n) is 11.8. The van der Waals surface area contributed by atoms with Gasteiger partial charge in [0.05, 0.1) is 23.6 Å². The lowest BCUT2D eigenvalue weighted by molar-refractivity contribution is 0.0723. The van der Waals surface area contributed by atoms with Crippen molar-refractivity contribution >= 4 is 5.91 Å². The standard InChI is InChI=1S/C15H18N4O/c1-11-9-16-10-12(17-11)13-5-4-8-19(13)15(20)14-6-3-7-18(14)2/h3,6-7,9-10,13H,4-5,8H2,1-2H3. The highest BCUT2D eigenvalue weighted by molar-refractivity contribution is 5.93. The molecule has 3 heterocycles. The SMILES string of the molecule is Cc1cncc(C2CCCN2C(=O)c2cccn2C)n1. The van der Waals surface area contributed by atoms with E-state index in [1.54, 1.807) is 12.4 Å². The molecule has 5 heteroatoms. The van der Waals surface area contributed by atoms with Gasteiger partial charge in [0.2, 0.25) is 0 Å². The molecule has 0 bridgehead atoms. The normalized spacial score (nSPS) is 18.5. The smallest absolute Gasteiger partial charge is 0.271 e. The first kappa shape index (κ1) is 12.8. The number of carbonyl (C=O) groups is 1. The lowest BCUT2D eigenvalue weighted by Crippen LogP contribution is -2.32. The Morgan fingerprint density at radius 2 is 2.25 bits per heavy atom. The Morgan fingerprint density at radius 1 is 1.40 bits per heavy atom. The lowest BCUT2D eigenvalue weighted by atomic mass is 10.1. The molecule has 1 aliphatic rings. The molecular weight excluding hydrogens is 252 g/mol. The van der Waals surface area contributed by atoms with Crippen LogP contribution >= 0.6 is 0 Å². The van der Waals surface area contributed by atoms with E-state index in [-0.39, 0.29) is 11.9 Å². The Morgan fingerprint density at radius 3 is 2.95 bits per heavy atom. The molecule has 0 spiro atoms. The van der Waals surface area contributed by atoms with Gasteiger partial charge in [-0.2, -0.15) is 0 Å². The Balaban J connectivity index is 1.90. The van der Waals surface area contributed by atoms with Gasteiger partial charge in [-0.25, -0.2) is 0 Å². The second kappa shape index (κ2) is 5.07. The highest BCUT2D eigenvalue weighted by Gasteiger charge is 2.32. The van der Waals surface area contributed by atoms with Crippen molar-refractivity contribution in [2.45, 2.75) is 25.8 Å². The summed E-state index contributed by atoms with van der Waals surface area (Å²) in [5.74, 6) is 0.0725. The van der Waals surface area contributed by atoms with Crippen LogP contribution in [0.1, 0.15) is 40.8 Å². The summed E-state index contributed by atoms with van der Waals surface area (Å²) in [5.41, 5.74) is 2.50. The van der Waals surface area contributed by atoms with Gasteiger partial charge in [-0.3, -0.25) is 14.8 Å². The quantitative estimate of drug-likeness (QED) is 0.839. The fourth-order valence-corrected chi connectivity index (χ4v) is 2.79. The Kier molecular flexibility index (Phi) is 3.26. The molecule has 1 saturated heterocycles. The summed E-state index contributed by atoms with van der Waals surface area (Å²) >= 11 is 0. The van der Waals surface area contributed by atoms with Crippen LogP contribution in [0.3, 0.4) is 0 Å². The van der Waals surface area contributed by atoms with Crippen molar-refractivity contribution in [1.82, 2.24) is 19.4 Å². The molecule has 1 aliphatic heterocycles. The molecule has 0 radical (unpaired) electrons. The molecule has 2 aromatic rings. The van der Waals surface area contributed by atoms with Crippen molar-refractivity contribution in [2.75, 3.05) is 6.54 Å². The third kappa shape index (κ3) is 2.19. The van der Waals surface area contributed by atoms with E-state index in [4.69, 9.17) is 0 Å². The minimum Gasteiger partial charge on any atom is -0.347 e. The van der Waals surface area contributed by atoms with Gasteiger partial charge < -0.3 is 9.47 Å². The summed E-state index contributed by atoms with van der Waals surface area (Å²) in [6.45, 7) is 2.71. The summed E-state index contributed by atoms with van der Waals surface area (Å²) in [4.78, 5) is 23.3. The van der Waals surface area contributed by atoms with Crippen LogP contribution < -0.4 is 0 Å². The van der Waals surface area contributed by atoms with Crippen molar-refractivity contribution in [3.05, 3.63) is 47.8 Å². The molecule has 1 unspecified atom stereocenters. The largest absolute Gasteiger partial charge is 0.347 e. The second-order valence-electron chi connectivity index (χ2n) is 5.25. The highest BCUT2D eigenvalue weighted by Crippen LogP contribution is 2.31. The maximum Gasteiger partial charge on any atom is 0.271 e. The van der Waals surface area contributed by atoms with E-state index in [0.29, 0.717) is 0 Å². The van der Waals surface area contributed by atoms with Crippen LogP contribution in [0.2, 0.25) is 0 Å². The Bertz CT molecular complexity index is 634. The number of nitrogens with zero attached hydrogens (tertiary/aromatic N) is 4. The first-order valence-electron chi connectivity index (χ1n) is 6.87. The first-order chi connectivity index (χ1) is 9.66. The summed E-state index contributed by atoms with van der Waals surface area (Å²) in [6.07, 6.45) is 7.37. The van der Waals surface area contributed by atoms with Crippen molar-refractivity contribution in [2.24, 2.45) is 7.05 Å². The average molecular weight is 270 g/mol. The molecule has 104 valence electrons. The minimum atomic E-state index is 0.0461. The zero-order chi connectivity index (χ0) is 14.1. The van der Waals surface area contributed by atoms with Gasteiger partial charge in [-0.15, -0.1) is 0 Å². The average Bonchev–Trinajstić information content (AvgIpc) is 3.06. The second-order valence-corrected chi connectivity index (χ2v) is 5.25. The third-order valence-electron chi connectivity index (χ3n) is 3.79. The van der Waals surface area contributed by atoms with Gasteiger partial charge in [-0.05, 0) is 31.9 Å². The number of carbonyl (C=O) groups excluding carboxylic acids is 1. The molecule has 0 N–H and O–H groups in total. The summed E-state index contributed by atoms with van der Waals surface area (Å²) in [7, 11) is 1.89. The molecular formula is C15H18N4O.